The second kappa shape index (κ2) is 5.71. The van der Waals surface area contributed by atoms with Gasteiger partial charge in [0.25, 0.3) is 0 Å². The summed E-state index contributed by atoms with van der Waals surface area (Å²) in [5.41, 5.74) is 6.65. The number of nitrogens with two attached hydrogens (primary N) is 1. The molecule has 0 aliphatic carbocycles. The highest BCUT2D eigenvalue weighted by Gasteiger charge is 2.06. The van der Waals surface area contributed by atoms with E-state index in [0.717, 1.165) is 4.90 Å². The number of halogens is 3. The van der Waals surface area contributed by atoms with Gasteiger partial charge in [-0.05, 0) is 35.9 Å². The van der Waals surface area contributed by atoms with E-state index in [-0.39, 0.29) is 11.6 Å². The van der Waals surface area contributed by atoms with Gasteiger partial charge in [-0.2, -0.15) is 0 Å². The van der Waals surface area contributed by atoms with E-state index >= 15 is 0 Å². The van der Waals surface area contributed by atoms with Crippen LogP contribution < -0.4 is 5.73 Å². The predicted molar refractivity (Wildman–Crippen MR) is 74.5 cm³/mol. The van der Waals surface area contributed by atoms with Crippen molar-refractivity contribution in [2.75, 3.05) is 5.73 Å². The van der Waals surface area contributed by atoms with Crippen LogP contribution in [0.15, 0.2) is 45.8 Å². The fourth-order valence-corrected chi connectivity index (χ4v) is 2.71. The van der Waals surface area contributed by atoms with E-state index in [0.29, 0.717) is 21.5 Å². The Bertz CT molecular complexity index is 523. The zero-order valence-electron chi connectivity index (χ0n) is 9.29. The number of rotatable bonds is 3. The van der Waals surface area contributed by atoms with Gasteiger partial charge in [-0.1, -0.05) is 22.0 Å². The number of hydrogen-bond acceptors (Lipinski definition) is 2. The van der Waals surface area contributed by atoms with Crippen molar-refractivity contribution in [3.8, 4) is 0 Å². The molecule has 0 saturated heterocycles. The maximum atomic E-state index is 13.6. The average molecular weight is 330 g/mol. The van der Waals surface area contributed by atoms with Crippen LogP contribution in [0.5, 0.6) is 0 Å². The van der Waals surface area contributed by atoms with Crippen LogP contribution in [0.25, 0.3) is 0 Å². The Morgan fingerprint density at radius 2 is 1.89 bits per heavy atom. The molecule has 0 radical (unpaired) electrons. The standard InChI is InChI=1S/C13H10BrF2NS/c14-9-2-1-8(11(16)5-9)7-18-13-4-3-10(15)6-12(13)17/h1-6H,7,17H2. The fraction of sp³-hybridized carbons (Fsp3) is 0.0769. The van der Waals surface area contributed by atoms with Crippen molar-refractivity contribution in [2.45, 2.75) is 10.6 Å². The number of anilines is 1. The first kappa shape index (κ1) is 13.4. The maximum Gasteiger partial charge on any atom is 0.128 e. The molecule has 0 atom stereocenters. The van der Waals surface area contributed by atoms with Crippen molar-refractivity contribution in [2.24, 2.45) is 0 Å². The monoisotopic (exact) mass is 329 g/mol. The highest BCUT2D eigenvalue weighted by atomic mass is 79.9. The molecule has 0 amide bonds. The van der Waals surface area contributed by atoms with E-state index in [4.69, 9.17) is 5.73 Å². The van der Waals surface area contributed by atoms with Crippen molar-refractivity contribution in [3.63, 3.8) is 0 Å². The minimum Gasteiger partial charge on any atom is -0.398 e. The van der Waals surface area contributed by atoms with Crippen molar-refractivity contribution in [1.82, 2.24) is 0 Å². The van der Waals surface area contributed by atoms with Gasteiger partial charge in [0, 0.05) is 20.8 Å². The molecule has 94 valence electrons. The highest BCUT2D eigenvalue weighted by Crippen LogP contribution is 2.29. The van der Waals surface area contributed by atoms with Crippen LogP contribution in [0.3, 0.4) is 0 Å². The third kappa shape index (κ3) is 3.23. The molecule has 0 aliphatic rings. The van der Waals surface area contributed by atoms with Gasteiger partial charge in [-0.25, -0.2) is 8.78 Å². The predicted octanol–water partition coefficient (Wildman–Crippen LogP) is 4.60. The normalized spacial score (nSPS) is 10.6. The summed E-state index contributed by atoms with van der Waals surface area (Å²) < 4.78 is 27.2. The lowest BCUT2D eigenvalue weighted by atomic mass is 10.2. The highest BCUT2D eigenvalue weighted by molar-refractivity contribution is 9.10. The van der Waals surface area contributed by atoms with E-state index in [1.165, 1.54) is 30.0 Å². The molecule has 5 heteroatoms. The first-order valence-electron chi connectivity index (χ1n) is 5.18. The van der Waals surface area contributed by atoms with Crippen LogP contribution in [0, 0.1) is 11.6 Å². The Labute approximate surface area is 117 Å². The summed E-state index contributed by atoms with van der Waals surface area (Å²) in [5.74, 6) is -0.182. The summed E-state index contributed by atoms with van der Waals surface area (Å²) in [6, 6.07) is 9.13. The quantitative estimate of drug-likeness (QED) is 0.657. The molecule has 0 aliphatic heterocycles. The van der Waals surface area contributed by atoms with Crippen LogP contribution in [0.2, 0.25) is 0 Å². The molecule has 2 aromatic carbocycles. The molecule has 0 bridgehead atoms. The first-order chi connectivity index (χ1) is 8.56. The van der Waals surface area contributed by atoms with E-state index in [9.17, 15) is 8.78 Å². The smallest absolute Gasteiger partial charge is 0.128 e. The Balaban J connectivity index is 2.11. The molecule has 2 aromatic rings. The topological polar surface area (TPSA) is 26.0 Å². The molecule has 0 unspecified atom stereocenters. The molecule has 0 fully saturated rings. The van der Waals surface area contributed by atoms with Crippen molar-refractivity contribution >= 4 is 33.4 Å². The molecular formula is C13H10BrF2NS. The zero-order chi connectivity index (χ0) is 13.1. The summed E-state index contributed by atoms with van der Waals surface area (Å²) in [6.07, 6.45) is 0. The Hall–Kier alpha value is -1.07. The fourth-order valence-electron chi connectivity index (χ4n) is 1.45. The Morgan fingerprint density at radius 3 is 2.56 bits per heavy atom. The van der Waals surface area contributed by atoms with Gasteiger partial charge in [-0.15, -0.1) is 11.8 Å². The van der Waals surface area contributed by atoms with E-state index in [1.807, 2.05) is 0 Å². The van der Waals surface area contributed by atoms with E-state index in [1.54, 1.807) is 18.2 Å². The van der Waals surface area contributed by atoms with E-state index in [2.05, 4.69) is 15.9 Å². The SMILES string of the molecule is Nc1cc(F)ccc1SCc1ccc(Br)cc1F. The molecule has 2 rings (SSSR count). The Kier molecular flexibility index (Phi) is 4.24. The minimum atomic E-state index is -0.369. The summed E-state index contributed by atoms with van der Waals surface area (Å²) in [7, 11) is 0. The third-order valence-corrected chi connectivity index (χ3v) is 4.00. The lowest BCUT2D eigenvalue weighted by Crippen LogP contribution is -1.92. The molecule has 0 saturated carbocycles. The largest absolute Gasteiger partial charge is 0.398 e. The Morgan fingerprint density at radius 1 is 1.11 bits per heavy atom. The zero-order valence-corrected chi connectivity index (χ0v) is 11.7. The average Bonchev–Trinajstić information content (AvgIpc) is 2.30. The lowest BCUT2D eigenvalue weighted by Gasteiger charge is -2.06. The lowest BCUT2D eigenvalue weighted by molar-refractivity contribution is 0.616. The summed E-state index contributed by atoms with van der Waals surface area (Å²) >= 11 is 4.59. The van der Waals surface area contributed by atoms with Gasteiger partial charge in [0.1, 0.15) is 11.6 Å². The van der Waals surface area contributed by atoms with Gasteiger partial charge in [0.15, 0.2) is 0 Å². The van der Waals surface area contributed by atoms with Crippen LogP contribution in [0.4, 0.5) is 14.5 Å². The molecule has 0 spiro atoms. The maximum absolute atomic E-state index is 13.6. The molecule has 18 heavy (non-hydrogen) atoms. The van der Waals surface area contributed by atoms with Gasteiger partial charge < -0.3 is 5.73 Å². The van der Waals surface area contributed by atoms with Crippen LogP contribution in [0.1, 0.15) is 5.56 Å². The number of benzene rings is 2. The van der Waals surface area contributed by atoms with Crippen molar-refractivity contribution in [1.29, 1.82) is 0 Å². The second-order valence-electron chi connectivity index (χ2n) is 3.71. The molecule has 1 nitrogen and oxygen atoms in total. The molecule has 2 N–H and O–H groups in total. The van der Waals surface area contributed by atoms with Gasteiger partial charge in [0.05, 0.1) is 0 Å². The summed E-state index contributed by atoms with van der Waals surface area (Å²) in [4.78, 5) is 0.749. The number of thioether (sulfide) groups is 1. The van der Waals surface area contributed by atoms with E-state index < -0.39 is 0 Å². The second-order valence-corrected chi connectivity index (χ2v) is 5.64. The van der Waals surface area contributed by atoms with Crippen LogP contribution in [-0.4, -0.2) is 0 Å². The number of nitrogen functional groups attached to an aromatic ring is 1. The van der Waals surface area contributed by atoms with Crippen molar-refractivity contribution < 1.29 is 8.78 Å². The summed E-state index contributed by atoms with van der Waals surface area (Å²) in [5, 5.41) is 0. The summed E-state index contributed by atoms with van der Waals surface area (Å²) in [6.45, 7) is 0. The van der Waals surface area contributed by atoms with Crippen LogP contribution in [-0.2, 0) is 5.75 Å². The molecular weight excluding hydrogens is 320 g/mol. The van der Waals surface area contributed by atoms with Crippen molar-refractivity contribution in [3.05, 3.63) is 58.1 Å². The van der Waals surface area contributed by atoms with Gasteiger partial charge >= 0.3 is 0 Å². The first-order valence-corrected chi connectivity index (χ1v) is 6.96. The third-order valence-electron chi connectivity index (χ3n) is 2.37. The minimum absolute atomic E-state index is 0.266. The number of hydrogen-bond donors (Lipinski definition) is 1. The van der Waals surface area contributed by atoms with Gasteiger partial charge in [0.2, 0.25) is 0 Å². The van der Waals surface area contributed by atoms with Crippen LogP contribution >= 0.6 is 27.7 Å². The van der Waals surface area contributed by atoms with Gasteiger partial charge in [-0.3, -0.25) is 0 Å². The molecule has 0 aromatic heterocycles. The molecule has 0 heterocycles.